The van der Waals surface area contributed by atoms with Crippen LogP contribution in [0.4, 0.5) is 15.0 Å². The number of rotatable bonds is 3. The van der Waals surface area contributed by atoms with Crippen LogP contribution in [-0.2, 0) is 11.2 Å². The SMILES string of the molecule is O=C1CCC2(CN(C(=O)N3CCC(Cc4ccc(NF)cc4)CC3)C2)NC1. The minimum atomic E-state index is -0.0253. The number of carbonyl (C=O) groups excluding carboxylic acids is 2. The lowest BCUT2D eigenvalue weighted by molar-refractivity contribution is -0.122. The van der Waals surface area contributed by atoms with Crippen LogP contribution < -0.4 is 10.9 Å². The standard InChI is InChI=1S/C20H27FN4O2/c21-23-17-3-1-15(2-4-17)11-16-6-9-24(10-7-16)19(27)25-13-20(14-25)8-5-18(26)12-22-20/h1-4,16,22-23H,5-14H2. The van der Waals surface area contributed by atoms with Gasteiger partial charge in [-0.25, -0.2) is 10.3 Å². The van der Waals surface area contributed by atoms with Crippen LogP contribution in [0.25, 0.3) is 0 Å². The van der Waals surface area contributed by atoms with E-state index in [0.717, 1.165) is 38.8 Å². The number of nitrogens with one attached hydrogen (secondary N) is 2. The first-order valence-corrected chi connectivity index (χ1v) is 9.83. The number of hydrogen-bond donors (Lipinski definition) is 2. The van der Waals surface area contributed by atoms with Gasteiger partial charge in [0.1, 0.15) is 5.78 Å². The number of piperidine rings is 2. The second kappa shape index (κ2) is 7.46. The summed E-state index contributed by atoms with van der Waals surface area (Å²) < 4.78 is 12.4. The van der Waals surface area contributed by atoms with E-state index in [2.05, 4.69) is 5.32 Å². The van der Waals surface area contributed by atoms with Crippen LogP contribution >= 0.6 is 0 Å². The largest absolute Gasteiger partial charge is 0.325 e. The van der Waals surface area contributed by atoms with Crippen molar-refractivity contribution in [2.24, 2.45) is 5.92 Å². The molecule has 0 unspecified atom stereocenters. The highest BCUT2D eigenvalue weighted by Crippen LogP contribution is 2.31. The number of Topliss-reactive ketones (excluding diaryl/α,β-unsaturated/α-hetero) is 1. The molecular formula is C20H27FN4O2. The molecule has 2 N–H and O–H groups in total. The number of benzene rings is 1. The summed E-state index contributed by atoms with van der Waals surface area (Å²) in [7, 11) is 0. The minimum Gasteiger partial charge on any atom is -0.325 e. The highest BCUT2D eigenvalue weighted by Gasteiger charge is 2.47. The molecule has 1 spiro atoms. The average molecular weight is 374 g/mol. The summed E-state index contributed by atoms with van der Waals surface area (Å²) in [6, 6.07) is 7.55. The van der Waals surface area contributed by atoms with Gasteiger partial charge in [-0.1, -0.05) is 12.1 Å². The number of nitrogens with zero attached hydrogens (tertiary/aromatic N) is 2. The Bertz CT molecular complexity index is 682. The average Bonchev–Trinajstić information content (AvgIpc) is 2.68. The highest BCUT2D eigenvalue weighted by atomic mass is 19.2. The van der Waals surface area contributed by atoms with Gasteiger partial charge in [-0.15, -0.1) is 4.48 Å². The van der Waals surface area contributed by atoms with Crippen molar-refractivity contribution in [2.75, 3.05) is 38.3 Å². The monoisotopic (exact) mass is 374 g/mol. The molecule has 0 bridgehead atoms. The number of amides is 2. The lowest BCUT2D eigenvalue weighted by Gasteiger charge is -2.53. The number of ketones is 1. The zero-order valence-electron chi connectivity index (χ0n) is 15.5. The van der Waals surface area contributed by atoms with E-state index in [-0.39, 0.29) is 17.4 Å². The van der Waals surface area contributed by atoms with Gasteiger partial charge in [0.15, 0.2) is 0 Å². The van der Waals surface area contributed by atoms with Gasteiger partial charge in [0.05, 0.1) is 17.8 Å². The van der Waals surface area contributed by atoms with Gasteiger partial charge in [0.25, 0.3) is 0 Å². The number of hydrogen-bond acceptors (Lipinski definition) is 4. The van der Waals surface area contributed by atoms with Crippen LogP contribution in [-0.4, -0.2) is 59.9 Å². The highest BCUT2D eigenvalue weighted by molar-refractivity contribution is 5.82. The Labute approximate surface area is 159 Å². The van der Waals surface area contributed by atoms with E-state index in [9.17, 15) is 14.1 Å². The smallest absolute Gasteiger partial charge is 0.320 e. The fourth-order valence-electron chi connectivity index (χ4n) is 4.50. The molecule has 6 nitrogen and oxygen atoms in total. The zero-order chi connectivity index (χ0) is 18.9. The third-order valence-electron chi connectivity index (χ3n) is 6.27. The van der Waals surface area contributed by atoms with E-state index in [1.807, 2.05) is 21.9 Å². The molecule has 2 amide bonds. The molecule has 27 heavy (non-hydrogen) atoms. The second-order valence-corrected chi connectivity index (χ2v) is 8.24. The Kier molecular flexibility index (Phi) is 5.04. The van der Waals surface area contributed by atoms with Crippen molar-refractivity contribution in [1.82, 2.24) is 15.1 Å². The molecule has 0 aliphatic carbocycles. The van der Waals surface area contributed by atoms with E-state index >= 15 is 0 Å². The Balaban J connectivity index is 1.22. The molecule has 7 heteroatoms. The molecule has 3 aliphatic rings. The second-order valence-electron chi connectivity index (χ2n) is 8.24. The number of likely N-dealkylation sites (tertiary alicyclic amines) is 2. The fraction of sp³-hybridized carbons (Fsp3) is 0.600. The molecule has 0 radical (unpaired) electrons. The van der Waals surface area contributed by atoms with Gasteiger partial charge in [0.2, 0.25) is 0 Å². The Morgan fingerprint density at radius 3 is 2.48 bits per heavy atom. The molecule has 3 fully saturated rings. The maximum absolute atomic E-state index is 12.7. The lowest BCUT2D eigenvalue weighted by Crippen LogP contribution is -2.73. The van der Waals surface area contributed by atoms with Crippen LogP contribution in [0, 0.1) is 5.92 Å². The molecule has 0 aromatic heterocycles. The molecule has 3 aliphatic heterocycles. The predicted octanol–water partition coefficient (Wildman–Crippen LogP) is 2.36. The van der Waals surface area contributed by atoms with Crippen LogP contribution in [0.5, 0.6) is 0 Å². The van der Waals surface area contributed by atoms with E-state index < -0.39 is 0 Å². The molecule has 1 aromatic carbocycles. The summed E-state index contributed by atoms with van der Waals surface area (Å²) in [4.78, 5) is 28.0. The minimum absolute atomic E-state index is 0.0253. The molecule has 146 valence electrons. The van der Waals surface area contributed by atoms with Crippen molar-refractivity contribution < 1.29 is 14.1 Å². The first-order valence-electron chi connectivity index (χ1n) is 9.83. The van der Waals surface area contributed by atoms with Crippen molar-refractivity contribution in [1.29, 1.82) is 0 Å². The summed E-state index contributed by atoms with van der Waals surface area (Å²) in [5.41, 5.74) is 3.31. The summed E-state index contributed by atoms with van der Waals surface area (Å²) >= 11 is 0. The van der Waals surface area contributed by atoms with Crippen LogP contribution in [0.2, 0.25) is 0 Å². The van der Waals surface area contributed by atoms with Gasteiger partial charge in [0, 0.05) is 32.6 Å². The lowest BCUT2D eigenvalue weighted by atomic mass is 9.81. The maximum Gasteiger partial charge on any atom is 0.320 e. The van der Waals surface area contributed by atoms with Gasteiger partial charge in [-0.05, 0) is 49.3 Å². The third-order valence-corrected chi connectivity index (χ3v) is 6.27. The summed E-state index contributed by atoms with van der Waals surface area (Å²) in [6.07, 6.45) is 4.44. The van der Waals surface area contributed by atoms with E-state index in [1.54, 1.807) is 17.7 Å². The third kappa shape index (κ3) is 3.93. The van der Waals surface area contributed by atoms with E-state index in [0.29, 0.717) is 37.7 Å². The maximum atomic E-state index is 12.7. The van der Waals surface area contributed by atoms with Gasteiger partial charge in [-0.3, -0.25) is 4.79 Å². The summed E-state index contributed by atoms with van der Waals surface area (Å²) in [5, 5.41) is 3.32. The first kappa shape index (κ1) is 18.2. The molecule has 4 rings (SSSR count). The Hall–Kier alpha value is -2.15. The molecular weight excluding hydrogens is 347 g/mol. The first-order chi connectivity index (χ1) is 13.1. The number of anilines is 1. The van der Waals surface area contributed by atoms with Crippen molar-refractivity contribution in [3.05, 3.63) is 29.8 Å². The summed E-state index contributed by atoms with van der Waals surface area (Å²) in [6.45, 7) is 3.46. The zero-order valence-corrected chi connectivity index (χ0v) is 15.5. The topological polar surface area (TPSA) is 64.7 Å². The van der Waals surface area contributed by atoms with E-state index in [4.69, 9.17) is 0 Å². The number of halogens is 1. The number of urea groups is 1. The summed E-state index contributed by atoms with van der Waals surface area (Å²) in [5.74, 6) is 0.829. The molecule has 3 heterocycles. The normalized spacial score (nSPS) is 22.6. The molecule has 0 saturated carbocycles. The number of carbonyl (C=O) groups is 2. The van der Waals surface area contributed by atoms with Gasteiger partial charge < -0.3 is 15.1 Å². The predicted molar refractivity (Wildman–Crippen MR) is 101 cm³/mol. The Morgan fingerprint density at radius 2 is 1.89 bits per heavy atom. The van der Waals surface area contributed by atoms with Crippen molar-refractivity contribution in [2.45, 2.75) is 37.6 Å². The van der Waals surface area contributed by atoms with Crippen LogP contribution in [0.3, 0.4) is 0 Å². The van der Waals surface area contributed by atoms with Crippen LogP contribution in [0.1, 0.15) is 31.2 Å². The van der Waals surface area contributed by atoms with Gasteiger partial charge in [-0.2, -0.15) is 0 Å². The fourth-order valence-corrected chi connectivity index (χ4v) is 4.50. The van der Waals surface area contributed by atoms with Crippen LogP contribution in [0.15, 0.2) is 24.3 Å². The van der Waals surface area contributed by atoms with Crippen molar-refractivity contribution in [3.8, 4) is 0 Å². The van der Waals surface area contributed by atoms with Crippen molar-refractivity contribution in [3.63, 3.8) is 0 Å². The van der Waals surface area contributed by atoms with Gasteiger partial charge >= 0.3 is 6.03 Å². The Morgan fingerprint density at radius 1 is 1.19 bits per heavy atom. The molecule has 1 aromatic rings. The molecule has 3 saturated heterocycles. The quantitative estimate of drug-likeness (QED) is 0.798. The van der Waals surface area contributed by atoms with E-state index in [1.165, 1.54) is 5.56 Å². The van der Waals surface area contributed by atoms with Crippen molar-refractivity contribution >= 4 is 17.5 Å². The molecule has 0 atom stereocenters.